The highest BCUT2D eigenvalue weighted by Gasteiger charge is 2.16. The lowest BCUT2D eigenvalue weighted by Gasteiger charge is -2.09. The van der Waals surface area contributed by atoms with Crippen LogP contribution in [-0.2, 0) is 0 Å². The van der Waals surface area contributed by atoms with E-state index in [0.717, 1.165) is 0 Å². The van der Waals surface area contributed by atoms with Gasteiger partial charge < -0.3 is 15.3 Å². The van der Waals surface area contributed by atoms with Crippen molar-refractivity contribution in [3.05, 3.63) is 18.0 Å². The number of aliphatic hydroxyl groups is 3. The Labute approximate surface area is 62.1 Å². The van der Waals surface area contributed by atoms with Gasteiger partial charge in [0.2, 0.25) is 0 Å². The Balaban J connectivity index is 2.77. The van der Waals surface area contributed by atoms with Crippen LogP contribution >= 0.6 is 0 Å². The molecule has 0 aliphatic rings. The van der Waals surface area contributed by atoms with Gasteiger partial charge in [-0.15, -0.1) is 10.2 Å². The lowest BCUT2D eigenvalue weighted by Crippen LogP contribution is -2.18. The van der Waals surface area contributed by atoms with Gasteiger partial charge in [-0.1, -0.05) is 0 Å². The summed E-state index contributed by atoms with van der Waals surface area (Å²) in [5.41, 5.74) is 0.0787. The van der Waals surface area contributed by atoms with Crippen LogP contribution in [0.2, 0.25) is 0 Å². The molecule has 11 heavy (non-hydrogen) atoms. The average Bonchev–Trinajstić information content (AvgIpc) is 2.05. The number of nitrogens with zero attached hydrogens (tertiary/aromatic N) is 3. The van der Waals surface area contributed by atoms with Crippen LogP contribution in [0.3, 0.4) is 0 Å². The summed E-state index contributed by atoms with van der Waals surface area (Å²) in [6.07, 6.45) is -1.97. The van der Waals surface area contributed by atoms with E-state index in [1.54, 1.807) is 0 Å². The molecule has 3 N–H and O–H groups in total. The normalized spacial score (nSPS) is 13.5. The molecular formula is C5H7N3O3. The summed E-state index contributed by atoms with van der Waals surface area (Å²) >= 11 is 0. The molecule has 60 valence electrons. The monoisotopic (exact) mass is 157 g/mol. The van der Waals surface area contributed by atoms with Gasteiger partial charge >= 0.3 is 0 Å². The third-order valence-electron chi connectivity index (χ3n) is 1.11. The molecule has 1 unspecified atom stereocenters. The highest BCUT2D eigenvalue weighted by molar-refractivity contribution is 5.00. The van der Waals surface area contributed by atoms with Crippen molar-refractivity contribution in [1.82, 2.24) is 15.4 Å². The first-order valence-electron chi connectivity index (χ1n) is 2.90. The minimum Gasteiger partial charge on any atom is -0.381 e. The van der Waals surface area contributed by atoms with Crippen molar-refractivity contribution in [2.45, 2.75) is 12.4 Å². The maximum atomic E-state index is 8.97. The smallest absolute Gasteiger partial charge is 0.184 e. The van der Waals surface area contributed by atoms with Crippen molar-refractivity contribution in [2.24, 2.45) is 0 Å². The molecule has 0 bridgehead atoms. The summed E-state index contributed by atoms with van der Waals surface area (Å²) in [6.45, 7) is 0. The zero-order valence-corrected chi connectivity index (χ0v) is 5.49. The fourth-order valence-electron chi connectivity index (χ4n) is 0.561. The molecule has 0 aromatic carbocycles. The van der Waals surface area contributed by atoms with E-state index in [2.05, 4.69) is 15.4 Å². The first-order chi connectivity index (χ1) is 5.22. The van der Waals surface area contributed by atoms with Crippen molar-refractivity contribution in [1.29, 1.82) is 0 Å². The fraction of sp³-hybridized carbons (Fsp3) is 0.400. The number of aliphatic hydroxyl groups excluding tert-OH is 2. The van der Waals surface area contributed by atoms with Gasteiger partial charge in [0.1, 0.15) is 11.8 Å². The number of rotatable bonds is 2. The molecule has 0 radical (unpaired) electrons. The quantitative estimate of drug-likeness (QED) is 0.439. The molecule has 1 heterocycles. The van der Waals surface area contributed by atoms with Crippen molar-refractivity contribution in [2.75, 3.05) is 0 Å². The lowest BCUT2D eigenvalue weighted by atomic mass is 10.2. The van der Waals surface area contributed by atoms with E-state index >= 15 is 0 Å². The minimum atomic E-state index is -1.84. The van der Waals surface area contributed by atoms with Crippen LogP contribution < -0.4 is 0 Å². The zero-order chi connectivity index (χ0) is 8.27. The summed E-state index contributed by atoms with van der Waals surface area (Å²) in [7, 11) is 0. The van der Waals surface area contributed by atoms with Gasteiger partial charge in [-0.05, 0) is 11.3 Å². The Hall–Kier alpha value is -1.11. The van der Waals surface area contributed by atoms with E-state index in [1.807, 2.05) is 0 Å². The predicted octanol–water partition coefficient (Wildman–Crippen LogP) is -1.78. The molecule has 0 saturated heterocycles. The van der Waals surface area contributed by atoms with Crippen molar-refractivity contribution in [3.63, 3.8) is 0 Å². The maximum absolute atomic E-state index is 8.97. The van der Waals surface area contributed by atoms with Crippen LogP contribution in [0.15, 0.2) is 12.3 Å². The predicted molar refractivity (Wildman–Crippen MR) is 33.0 cm³/mol. The van der Waals surface area contributed by atoms with Crippen molar-refractivity contribution in [3.8, 4) is 0 Å². The Kier molecular flexibility index (Phi) is 2.42. The van der Waals surface area contributed by atoms with E-state index in [1.165, 1.54) is 12.3 Å². The fourth-order valence-corrected chi connectivity index (χ4v) is 0.561. The molecule has 6 nitrogen and oxygen atoms in total. The van der Waals surface area contributed by atoms with Gasteiger partial charge in [0, 0.05) is 0 Å². The summed E-state index contributed by atoms with van der Waals surface area (Å²) < 4.78 is 0. The van der Waals surface area contributed by atoms with Gasteiger partial charge in [0.25, 0.3) is 0 Å². The van der Waals surface area contributed by atoms with Gasteiger partial charge in [-0.25, -0.2) is 0 Å². The third kappa shape index (κ3) is 1.90. The molecule has 0 spiro atoms. The maximum Gasteiger partial charge on any atom is 0.184 e. The minimum absolute atomic E-state index is 0.0787. The van der Waals surface area contributed by atoms with Crippen LogP contribution in [0.4, 0.5) is 0 Å². The molecule has 1 atom stereocenters. The Morgan fingerprint density at radius 2 is 2.00 bits per heavy atom. The number of hydrogen-bond donors (Lipinski definition) is 3. The lowest BCUT2D eigenvalue weighted by molar-refractivity contribution is -0.125. The SMILES string of the molecule is OC(O)C(O)c1ccnnn1. The number of hydrogen-bond acceptors (Lipinski definition) is 6. The molecule has 0 amide bonds. The second-order valence-corrected chi connectivity index (χ2v) is 1.90. The molecule has 0 saturated carbocycles. The van der Waals surface area contributed by atoms with Gasteiger partial charge in [-0.2, -0.15) is 0 Å². The summed E-state index contributed by atoms with van der Waals surface area (Å²) in [6, 6.07) is 1.34. The summed E-state index contributed by atoms with van der Waals surface area (Å²) in [5.74, 6) is 0. The Morgan fingerprint density at radius 1 is 1.27 bits per heavy atom. The molecule has 1 rings (SSSR count). The Morgan fingerprint density at radius 3 is 2.45 bits per heavy atom. The summed E-state index contributed by atoms with van der Waals surface area (Å²) in [5, 5.41) is 35.9. The van der Waals surface area contributed by atoms with Gasteiger partial charge in [-0.3, -0.25) is 0 Å². The van der Waals surface area contributed by atoms with E-state index in [0.29, 0.717) is 0 Å². The van der Waals surface area contributed by atoms with E-state index in [-0.39, 0.29) is 5.69 Å². The first-order valence-corrected chi connectivity index (χ1v) is 2.90. The Bertz CT molecular complexity index is 215. The highest BCUT2D eigenvalue weighted by atomic mass is 16.5. The van der Waals surface area contributed by atoms with Crippen molar-refractivity contribution >= 4 is 0 Å². The molecule has 0 aliphatic heterocycles. The molecular weight excluding hydrogens is 150 g/mol. The van der Waals surface area contributed by atoms with Crippen LogP contribution in [0.5, 0.6) is 0 Å². The van der Waals surface area contributed by atoms with Gasteiger partial charge in [0.05, 0.1) is 6.20 Å². The standard InChI is InChI=1S/C5H7N3O3/c9-4(5(10)11)3-1-2-6-8-7-3/h1-2,4-5,9-11H. The molecule has 6 heteroatoms. The summed E-state index contributed by atoms with van der Waals surface area (Å²) in [4.78, 5) is 0. The zero-order valence-electron chi connectivity index (χ0n) is 5.49. The average molecular weight is 157 g/mol. The van der Waals surface area contributed by atoms with Gasteiger partial charge in [0.15, 0.2) is 6.29 Å². The van der Waals surface area contributed by atoms with E-state index in [9.17, 15) is 0 Å². The van der Waals surface area contributed by atoms with Crippen LogP contribution in [0, 0.1) is 0 Å². The van der Waals surface area contributed by atoms with Crippen LogP contribution in [-0.4, -0.2) is 37.0 Å². The van der Waals surface area contributed by atoms with Crippen LogP contribution in [0.1, 0.15) is 11.8 Å². The van der Waals surface area contributed by atoms with Crippen LogP contribution in [0.25, 0.3) is 0 Å². The largest absolute Gasteiger partial charge is 0.381 e. The highest BCUT2D eigenvalue weighted by Crippen LogP contribution is 2.09. The number of aromatic nitrogens is 3. The second kappa shape index (κ2) is 3.33. The van der Waals surface area contributed by atoms with E-state index in [4.69, 9.17) is 15.3 Å². The molecule has 1 aromatic rings. The first kappa shape index (κ1) is 7.99. The molecule has 1 aromatic heterocycles. The van der Waals surface area contributed by atoms with E-state index < -0.39 is 12.4 Å². The molecule has 0 aliphatic carbocycles. The van der Waals surface area contributed by atoms with Crippen molar-refractivity contribution < 1.29 is 15.3 Å². The molecule has 0 fully saturated rings. The topological polar surface area (TPSA) is 99.4 Å². The third-order valence-corrected chi connectivity index (χ3v) is 1.11. The second-order valence-electron chi connectivity index (χ2n) is 1.90.